The summed E-state index contributed by atoms with van der Waals surface area (Å²) >= 11 is 0. The normalized spacial score (nSPS) is 18.5. The van der Waals surface area contributed by atoms with Crippen molar-refractivity contribution >= 4 is 5.91 Å². The van der Waals surface area contributed by atoms with Gasteiger partial charge in [-0.05, 0) is 24.5 Å². The van der Waals surface area contributed by atoms with Crippen LogP contribution in [0.25, 0.3) is 0 Å². The van der Waals surface area contributed by atoms with Gasteiger partial charge in [0.1, 0.15) is 0 Å². The number of nitrogens with zero attached hydrogens (tertiary/aromatic N) is 2. The standard InChI is InChI=1S/C19H22N2O2/c1-20-13-11-16(14-18(20)22)19(23)21-12-7-3-6-10-17(21)15-8-4-2-5-9-15/h2,4-5,8-9,11,13-14,17H,3,6-7,10,12H2,1H3/t17-/m0/s1. The highest BCUT2D eigenvalue weighted by molar-refractivity contribution is 5.94. The molecule has 0 radical (unpaired) electrons. The Labute approximate surface area is 136 Å². The molecule has 0 unspecified atom stereocenters. The van der Waals surface area contributed by atoms with Crippen LogP contribution in [0.3, 0.4) is 0 Å². The third-order valence-corrected chi connectivity index (χ3v) is 4.55. The van der Waals surface area contributed by atoms with E-state index in [2.05, 4.69) is 12.1 Å². The van der Waals surface area contributed by atoms with Gasteiger partial charge < -0.3 is 9.47 Å². The average Bonchev–Trinajstić information content (AvgIpc) is 2.83. The summed E-state index contributed by atoms with van der Waals surface area (Å²) in [5.41, 5.74) is 1.50. The van der Waals surface area contributed by atoms with Gasteiger partial charge >= 0.3 is 0 Å². The minimum atomic E-state index is -0.151. The lowest BCUT2D eigenvalue weighted by Crippen LogP contribution is -2.35. The lowest BCUT2D eigenvalue weighted by molar-refractivity contribution is 0.0680. The number of pyridine rings is 1. The van der Waals surface area contributed by atoms with Gasteiger partial charge in [-0.1, -0.05) is 43.2 Å². The van der Waals surface area contributed by atoms with E-state index in [4.69, 9.17) is 0 Å². The Morgan fingerprint density at radius 3 is 2.61 bits per heavy atom. The van der Waals surface area contributed by atoms with Crippen LogP contribution in [-0.4, -0.2) is 21.9 Å². The highest BCUT2D eigenvalue weighted by atomic mass is 16.2. The quantitative estimate of drug-likeness (QED) is 0.855. The first-order chi connectivity index (χ1) is 11.2. The topological polar surface area (TPSA) is 42.3 Å². The molecule has 0 bridgehead atoms. The lowest BCUT2D eigenvalue weighted by Gasteiger charge is -2.30. The molecule has 0 saturated carbocycles. The Morgan fingerprint density at radius 1 is 1.09 bits per heavy atom. The largest absolute Gasteiger partial charge is 0.332 e. The van der Waals surface area contributed by atoms with Crippen molar-refractivity contribution in [1.29, 1.82) is 0 Å². The number of carbonyl (C=O) groups is 1. The molecule has 4 nitrogen and oxygen atoms in total. The molecule has 1 amide bonds. The summed E-state index contributed by atoms with van der Waals surface area (Å²) in [5.74, 6) is -0.0431. The highest BCUT2D eigenvalue weighted by Crippen LogP contribution is 2.31. The predicted octanol–water partition coefficient (Wildman–Crippen LogP) is 3.14. The van der Waals surface area contributed by atoms with Crippen LogP contribution in [-0.2, 0) is 7.05 Å². The molecule has 1 saturated heterocycles. The fourth-order valence-corrected chi connectivity index (χ4v) is 3.22. The summed E-state index contributed by atoms with van der Waals surface area (Å²) < 4.78 is 1.48. The Morgan fingerprint density at radius 2 is 1.87 bits per heavy atom. The van der Waals surface area contributed by atoms with Crippen LogP contribution in [0.15, 0.2) is 53.5 Å². The number of aryl methyl sites for hydroxylation is 1. The van der Waals surface area contributed by atoms with E-state index >= 15 is 0 Å². The fourth-order valence-electron chi connectivity index (χ4n) is 3.22. The number of amides is 1. The molecule has 0 spiro atoms. The van der Waals surface area contributed by atoms with Crippen LogP contribution in [0.5, 0.6) is 0 Å². The van der Waals surface area contributed by atoms with Gasteiger partial charge in [-0.3, -0.25) is 9.59 Å². The van der Waals surface area contributed by atoms with E-state index in [0.29, 0.717) is 5.56 Å². The third kappa shape index (κ3) is 3.36. The minimum Gasteiger partial charge on any atom is -0.332 e. The third-order valence-electron chi connectivity index (χ3n) is 4.55. The number of likely N-dealkylation sites (tertiary alicyclic amines) is 1. The molecule has 1 aromatic heterocycles. The van der Waals surface area contributed by atoms with Gasteiger partial charge in [0.2, 0.25) is 0 Å². The van der Waals surface area contributed by atoms with Gasteiger partial charge in [-0.15, -0.1) is 0 Å². The van der Waals surface area contributed by atoms with Gasteiger partial charge in [-0.2, -0.15) is 0 Å². The Balaban J connectivity index is 1.94. The molecule has 23 heavy (non-hydrogen) atoms. The molecule has 2 aromatic rings. The van der Waals surface area contributed by atoms with E-state index in [-0.39, 0.29) is 17.5 Å². The molecule has 3 rings (SSSR count). The first kappa shape index (κ1) is 15.5. The second kappa shape index (κ2) is 6.82. The Kier molecular flexibility index (Phi) is 4.60. The van der Waals surface area contributed by atoms with Crippen molar-refractivity contribution < 1.29 is 4.79 Å². The Bertz CT molecular complexity index is 737. The van der Waals surface area contributed by atoms with E-state index in [1.54, 1.807) is 19.3 Å². The number of hydrogen-bond acceptors (Lipinski definition) is 2. The summed E-state index contributed by atoms with van der Waals surface area (Å²) in [6, 6.07) is 13.5. The van der Waals surface area contributed by atoms with Crippen LogP contribution in [0.4, 0.5) is 0 Å². The molecule has 0 aliphatic carbocycles. The number of rotatable bonds is 2. The van der Waals surface area contributed by atoms with E-state index in [1.807, 2.05) is 23.1 Å². The van der Waals surface area contributed by atoms with Gasteiger partial charge in [0.05, 0.1) is 6.04 Å². The van der Waals surface area contributed by atoms with Crippen LogP contribution in [0, 0.1) is 0 Å². The zero-order chi connectivity index (χ0) is 16.2. The lowest BCUT2D eigenvalue weighted by atomic mass is 10.0. The molecular weight excluding hydrogens is 288 g/mol. The van der Waals surface area contributed by atoms with E-state index in [9.17, 15) is 9.59 Å². The van der Waals surface area contributed by atoms with Crippen LogP contribution < -0.4 is 5.56 Å². The van der Waals surface area contributed by atoms with Gasteiger partial charge in [-0.25, -0.2) is 0 Å². The van der Waals surface area contributed by atoms with E-state index in [1.165, 1.54) is 16.2 Å². The van der Waals surface area contributed by atoms with Gasteiger partial charge in [0.15, 0.2) is 0 Å². The van der Waals surface area contributed by atoms with Crippen LogP contribution in [0.1, 0.15) is 47.6 Å². The van der Waals surface area contributed by atoms with Crippen molar-refractivity contribution in [2.24, 2.45) is 7.05 Å². The SMILES string of the molecule is Cn1ccc(C(=O)N2CCCCC[C@H]2c2ccccc2)cc1=O. The van der Waals surface area contributed by atoms with E-state index < -0.39 is 0 Å². The number of aromatic nitrogens is 1. The van der Waals surface area contributed by atoms with Crippen LogP contribution in [0.2, 0.25) is 0 Å². The number of carbonyl (C=O) groups excluding carboxylic acids is 1. The molecule has 1 fully saturated rings. The first-order valence-electron chi connectivity index (χ1n) is 8.19. The summed E-state index contributed by atoms with van der Waals surface area (Å²) in [5, 5.41) is 0. The molecule has 120 valence electrons. The smallest absolute Gasteiger partial charge is 0.254 e. The minimum absolute atomic E-state index is 0.0431. The monoisotopic (exact) mass is 310 g/mol. The van der Waals surface area contributed by atoms with E-state index in [0.717, 1.165) is 32.2 Å². The maximum absolute atomic E-state index is 13.0. The van der Waals surface area contributed by atoms with Crippen molar-refractivity contribution in [3.63, 3.8) is 0 Å². The van der Waals surface area contributed by atoms with Crippen molar-refractivity contribution in [3.8, 4) is 0 Å². The van der Waals surface area contributed by atoms with Crippen LogP contribution >= 0.6 is 0 Å². The molecular formula is C19H22N2O2. The molecule has 1 aliphatic heterocycles. The van der Waals surface area contributed by atoms with Crippen molar-refractivity contribution in [1.82, 2.24) is 9.47 Å². The second-order valence-electron chi connectivity index (χ2n) is 6.14. The number of hydrogen-bond donors (Lipinski definition) is 0. The molecule has 1 atom stereocenters. The molecule has 2 heterocycles. The second-order valence-corrected chi connectivity index (χ2v) is 6.14. The average molecular weight is 310 g/mol. The summed E-state index contributed by atoms with van der Waals surface area (Å²) in [4.78, 5) is 26.8. The zero-order valence-corrected chi connectivity index (χ0v) is 13.4. The molecule has 4 heteroatoms. The molecule has 0 N–H and O–H groups in total. The number of benzene rings is 1. The fraction of sp³-hybridized carbons (Fsp3) is 0.368. The molecule has 1 aromatic carbocycles. The van der Waals surface area contributed by atoms with Crippen molar-refractivity contribution in [2.75, 3.05) is 6.54 Å². The zero-order valence-electron chi connectivity index (χ0n) is 13.4. The maximum Gasteiger partial charge on any atom is 0.254 e. The molecule has 1 aliphatic rings. The summed E-state index contributed by atoms with van der Waals surface area (Å²) in [6.45, 7) is 0.744. The van der Waals surface area contributed by atoms with Gasteiger partial charge in [0, 0.05) is 31.4 Å². The predicted molar refractivity (Wildman–Crippen MR) is 90.4 cm³/mol. The summed E-state index contributed by atoms with van der Waals surface area (Å²) in [6.07, 6.45) is 5.91. The summed E-state index contributed by atoms with van der Waals surface area (Å²) in [7, 11) is 1.69. The van der Waals surface area contributed by atoms with Crippen molar-refractivity contribution in [3.05, 3.63) is 70.1 Å². The van der Waals surface area contributed by atoms with Crippen molar-refractivity contribution in [2.45, 2.75) is 31.7 Å². The maximum atomic E-state index is 13.0. The first-order valence-corrected chi connectivity index (χ1v) is 8.19. The highest BCUT2D eigenvalue weighted by Gasteiger charge is 2.27. The van der Waals surface area contributed by atoms with Gasteiger partial charge in [0.25, 0.3) is 11.5 Å². The Hall–Kier alpha value is -2.36.